The number of fused-ring (bicyclic) bond motifs is 1. The Morgan fingerprint density at radius 3 is 2.18 bits per heavy atom. The van der Waals surface area contributed by atoms with Crippen molar-refractivity contribution >= 4 is 44.8 Å². The first-order chi connectivity index (χ1) is 15.8. The van der Waals surface area contributed by atoms with E-state index in [2.05, 4.69) is 5.32 Å². The van der Waals surface area contributed by atoms with Crippen molar-refractivity contribution in [1.82, 2.24) is 0 Å². The van der Waals surface area contributed by atoms with Gasteiger partial charge in [-0.05, 0) is 50.6 Å². The van der Waals surface area contributed by atoms with Crippen molar-refractivity contribution in [2.75, 3.05) is 27.9 Å². The van der Waals surface area contributed by atoms with Crippen LogP contribution in [0.2, 0.25) is 0 Å². The molecule has 2 aromatic carbocycles. The summed E-state index contributed by atoms with van der Waals surface area (Å²) >= 11 is 0. The van der Waals surface area contributed by atoms with E-state index in [1.807, 2.05) is 6.92 Å². The highest BCUT2D eigenvalue weighted by molar-refractivity contribution is 7.90. The van der Waals surface area contributed by atoms with Crippen LogP contribution in [0.3, 0.4) is 0 Å². The maximum absolute atomic E-state index is 12.9. The molecule has 0 aliphatic carbocycles. The first-order valence-electron chi connectivity index (χ1n) is 10.8. The van der Waals surface area contributed by atoms with Gasteiger partial charge in [0, 0.05) is 32.2 Å². The van der Waals surface area contributed by atoms with Gasteiger partial charge in [0.05, 0.1) is 34.1 Å². The van der Waals surface area contributed by atoms with Gasteiger partial charge in [-0.2, -0.15) is 0 Å². The number of benzene rings is 2. The highest BCUT2D eigenvalue weighted by Gasteiger charge is 2.35. The van der Waals surface area contributed by atoms with E-state index in [-0.39, 0.29) is 35.4 Å². The van der Waals surface area contributed by atoms with Gasteiger partial charge in [-0.15, -0.1) is 0 Å². The molecule has 0 aromatic heterocycles. The van der Waals surface area contributed by atoms with Crippen LogP contribution in [0.4, 0.5) is 21.9 Å². The van der Waals surface area contributed by atoms with Crippen LogP contribution in [0.5, 0.6) is 0 Å². The molecule has 0 bridgehead atoms. The predicted octanol–water partition coefficient (Wildman–Crippen LogP) is 3.82. The summed E-state index contributed by atoms with van der Waals surface area (Å²) in [5.41, 5.74) is 2.54. The average Bonchev–Trinajstić information content (AvgIpc) is 2.71. The molecule has 3 amide bonds. The van der Waals surface area contributed by atoms with Gasteiger partial charge in [0.15, 0.2) is 9.84 Å². The van der Waals surface area contributed by atoms with E-state index in [0.717, 1.165) is 6.26 Å². The highest BCUT2D eigenvalue weighted by atomic mass is 32.2. The third kappa shape index (κ3) is 5.22. The minimum Gasteiger partial charge on any atom is -0.446 e. The van der Waals surface area contributed by atoms with E-state index in [9.17, 15) is 22.8 Å². The fraction of sp³-hybridized carbons (Fsp3) is 0.375. The van der Waals surface area contributed by atoms with Crippen LogP contribution in [0.25, 0.3) is 11.1 Å². The second kappa shape index (κ2) is 9.46. The molecule has 1 N–H and O–H groups in total. The van der Waals surface area contributed by atoms with Crippen molar-refractivity contribution in [2.24, 2.45) is 0 Å². The quantitative estimate of drug-likeness (QED) is 0.701. The molecule has 182 valence electrons. The maximum atomic E-state index is 12.9. The fourth-order valence-corrected chi connectivity index (χ4v) is 4.63. The van der Waals surface area contributed by atoms with Crippen LogP contribution in [0, 0.1) is 0 Å². The van der Waals surface area contributed by atoms with E-state index in [0.29, 0.717) is 28.2 Å². The van der Waals surface area contributed by atoms with Crippen molar-refractivity contribution < 1.29 is 27.5 Å². The molecule has 34 heavy (non-hydrogen) atoms. The van der Waals surface area contributed by atoms with Crippen molar-refractivity contribution in [2.45, 2.75) is 51.7 Å². The summed E-state index contributed by atoms with van der Waals surface area (Å²) in [5, 5.41) is 2.79. The largest absolute Gasteiger partial charge is 0.446 e. The van der Waals surface area contributed by atoms with Crippen LogP contribution >= 0.6 is 0 Å². The molecule has 1 aliphatic rings. The third-order valence-electron chi connectivity index (χ3n) is 5.35. The Morgan fingerprint density at radius 2 is 1.68 bits per heavy atom. The third-order valence-corrected chi connectivity index (χ3v) is 6.48. The van der Waals surface area contributed by atoms with Gasteiger partial charge in [0.2, 0.25) is 11.8 Å². The van der Waals surface area contributed by atoms with Gasteiger partial charge < -0.3 is 15.0 Å². The number of carbonyl (C=O) groups excluding carboxylic acids is 3. The first-order valence-corrected chi connectivity index (χ1v) is 12.7. The molecule has 9 nitrogen and oxygen atoms in total. The minimum absolute atomic E-state index is 0.161. The van der Waals surface area contributed by atoms with E-state index in [4.69, 9.17) is 4.74 Å². The summed E-state index contributed by atoms with van der Waals surface area (Å²) in [6, 6.07) is 9.27. The number of rotatable bonds is 4. The van der Waals surface area contributed by atoms with Gasteiger partial charge in [-0.1, -0.05) is 12.1 Å². The number of hydrogen-bond acceptors (Lipinski definition) is 6. The number of carbonyl (C=O) groups is 3. The van der Waals surface area contributed by atoms with Crippen molar-refractivity contribution in [3.05, 3.63) is 36.4 Å². The zero-order valence-electron chi connectivity index (χ0n) is 20.1. The van der Waals surface area contributed by atoms with Crippen molar-refractivity contribution in [3.63, 3.8) is 0 Å². The molecule has 2 aromatic rings. The number of nitrogens with zero attached hydrogens (tertiary/aromatic N) is 2. The van der Waals surface area contributed by atoms with Crippen LogP contribution in [-0.4, -0.2) is 51.3 Å². The summed E-state index contributed by atoms with van der Waals surface area (Å²) in [4.78, 5) is 40.6. The number of nitrogens with one attached hydrogen (secondary N) is 1. The van der Waals surface area contributed by atoms with Crippen LogP contribution in [0.15, 0.2) is 41.3 Å². The molecular formula is C24H29N3O6S. The van der Waals surface area contributed by atoms with Gasteiger partial charge in [-0.3, -0.25) is 14.5 Å². The Morgan fingerprint density at radius 1 is 1.06 bits per heavy atom. The standard InChI is InChI=1S/C24H29N3O6S/c1-14(2)33-24(30)26-13-15(3)27(17(5)29)23-12-21(25-16(4)28)20(11-22(23)26)18-7-9-19(10-8-18)34(6,31)32/h7-12,14-15H,13H2,1-6H3,(H,25,28). The Hall–Kier alpha value is -3.40. The topological polar surface area (TPSA) is 113 Å². The number of anilines is 3. The van der Waals surface area contributed by atoms with Crippen molar-refractivity contribution in [1.29, 1.82) is 0 Å². The Kier molecular flexibility index (Phi) is 7.02. The van der Waals surface area contributed by atoms with Crippen LogP contribution in [-0.2, 0) is 24.2 Å². The molecule has 3 rings (SSSR count). The second-order valence-electron chi connectivity index (χ2n) is 8.65. The van der Waals surface area contributed by atoms with Gasteiger partial charge in [0.1, 0.15) is 0 Å². The van der Waals surface area contributed by atoms with E-state index < -0.39 is 15.9 Å². The normalized spacial score (nSPS) is 15.7. The summed E-state index contributed by atoms with van der Waals surface area (Å²) in [7, 11) is -3.38. The van der Waals surface area contributed by atoms with E-state index >= 15 is 0 Å². The lowest BCUT2D eigenvalue weighted by molar-refractivity contribution is -0.117. The molecule has 0 saturated carbocycles. The lowest BCUT2D eigenvalue weighted by atomic mass is 9.98. The molecule has 10 heteroatoms. The van der Waals surface area contributed by atoms with E-state index in [1.54, 1.807) is 43.0 Å². The predicted molar refractivity (Wildman–Crippen MR) is 131 cm³/mol. The smallest absolute Gasteiger partial charge is 0.414 e. The average molecular weight is 488 g/mol. The summed E-state index contributed by atoms with van der Waals surface area (Å²) < 4.78 is 29.2. The molecular weight excluding hydrogens is 458 g/mol. The molecule has 1 aliphatic heterocycles. The SMILES string of the molecule is CC(=O)Nc1cc2c(cc1-c1ccc(S(C)(=O)=O)cc1)N(C(=O)OC(C)C)CC(C)N2C(C)=O. The fourth-order valence-electron chi connectivity index (χ4n) is 4.00. The molecule has 1 heterocycles. The monoisotopic (exact) mass is 487 g/mol. The number of amides is 3. The van der Waals surface area contributed by atoms with Gasteiger partial charge in [-0.25, -0.2) is 13.2 Å². The summed E-state index contributed by atoms with van der Waals surface area (Å²) in [6.07, 6.45) is 0.245. The Labute approximate surface area is 199 Å². The molecule has 0 fully saturated rings. The minimum atomic E-state index is -3.38. The zero-order valence-corrected chi connectivity index (χ0v) is 20.9. The van der Waals surface area contributed by atoms with Crippen LogP contribution in [0.1, 0.15) is 34.6 Å². The molecule has 0 spiro atoms. The van der Waals surface area contributed by atoms with E-state index in [1.165, 1.54) is 30.9 Å². The number of ether oxygens (including phenoxy) is 1. The first kappa shape index (κ1) is 25.2. The highest BCUT2D eigenvalue weighted by Crippen LogP contribution is 2.43. The number of sulfone groups is 1. The summed E-state index contributed by atoms with van der Waals surface area (Å²) in [6.45, 7) is 8.37. The molecule has 1 unspecified atom stereocenters. The second-order valence-corrected chi connectivity index (χ2v) is 10.7. The lowest BCUT2D eigenvalue weighted by Gasteiger charge is -2.41. The maximum Gasteiger partial charge on any atom is 0.414 e. The number of hydrogen-bond donors (Lipinski definition) is 1. The molecule has 0 radical (unpaired) electrons. The van der Waals surface area contributed by atoms with Gasteiger partial charge in [0.25, 0.3) is 0 Å². The molecule has 0 saturated heterocycles. The van der Waals surface area contributed by atoms with Crippen LogP contribution < -0.4 is 15.1 Å². The Balaban J connectivity index is 2.25. The summed E-state index contributed by atoms with van der Waals surface area (Å²) in [5.74, 6) is -0.520. The molecule has 1 atom stereocenters. The van der Waals surface area contributed by atoms with Crippen molar-refractivity contribution in [3.8, 4) is 11.1 Å². The lowest BCUT2D eigenvalue weighted by Crippen LogP contribution is -2.51. The van der Waals surface area contributed by atoms with Gasteiger partial charge >= 0.3 is 6.09 Å². The Bertz CT molecular complexity index is 1240. The zero-order chi connectivity index (χ0) is 25.4.